The third-order valence-corrected chi connectivity index (χ3v) is 4.02. The van der Waals surface area contributed by atoms with Crippen molar-refractivity contribution in [1.82, 2.24) is 25.7 Å². The molecule has 0 aliphatic carbocycles. The van der Waals surface area contributed by atoms with Crippen molar-refractivity contribution in [2.24, 2.45) is 4.99 Å². The fourth-order valence-corrected chi connectivity index (χ4v) is 2.63. The van der Waals surface area contributed by atoms with Crippen LogP contribution < -0.4 is 10.6 Å². The van der Waals surface area contributed by atoms with E-state index in [4.69, 9.17) is 4.52 Å². The van der Waals surface area contributed by atoms with Crippen molar-refractivity contribution in [2.45, 2.75) is 45.4 Å². The molecule has 130 valence electrons. The lowest BCUT2D eigenvalue weighted by atomic mass is 10.1. The molecule has 1 aliphatic heterocycles. The first-order valence-electron chi connectivity index (χ1n) is 8.68. The summed E-state index contributed by atoms with van der Waals surface area (Å²) < 4.78 is 5.23. The van der Waals surface area contributed by atoms with Crippen molar-refractivity contribution < 1.29 is 4.52 Å². The lowest BCUT2D eigenvalue weighted by molar-refractivity contribution is 0.232. The van der Waals surface area contributed by atoms with E-state index < -0.39 is 0 Å². The molecule has 0 bridgehead atoms. The molecule has 2 heterocycles. The Balaban J connectivity index is 1.62. The molecule has 0 radical (unpaired) electrons. The third-order valence-electron chi connectivity index (χ3n) is 4.02. The van der Waals surface area contributed by atoms with Gasteiger partial charge in [-0.3, -0.25) is 4.99 Å². The SMILES string of the molecule is CN=C(NCCc1nc(C(C)C)no1)NCCN1CCCCC1. The molecule has 2 rings (SSSR count). The van der Waals surface area contributed by atoms with Crippen molar-refractivity contribution in [1.29, 1.82) is 0 Å². The lowest BCUT2D eigenvalue weighted by Gasteiger charge is -2.26. The average molecular weight is 322 g/mol. The topological polar surface area (TPSA) is 78.6 Å². The number of likely N-dealkylation sites (tertiary alicyclic amines) is 1. The maximum Gasteiger partial charge on any atom is 0.228 e. The molecule has 1 aromatic rings. The molecule has 0 spiro atoms. The number of hydrogen-bond donors (Lipinski definition) is 2. The van der Waals surface area contributed by atoms with E-state index in [9.17, 15) is 0 Å². The van der Waals surface area contributed by atoms with Crippen molar-refractivity contribution in [3.05, 3.63) is 11.7 Å². The van der Waals surface area contributed by atoms with E-state index in [1.165, 1.54) is 32.4 Å². The molecule has 0 aromatic carbocycles. The lowest BCUT2D eigenvalue weighted by Crippen LogP contribution is -2.43. The van der Waals surface area contributed by atoms with E-state index in [-0.39, 0.29) is 0 Å². The van der Waals surface area contributed by atoms with Gasteiger partial charge in [0, 0.05) is 39.0 Å². The van der Waals surface area contributed by atoms with Gasteiger partial charge in [-0.25, -0.2) is 0 Å². The van der Waals surface area contributed by atoms with E-state index in [1.54, 1.807) is 7.05 Å². The molecule has 1 fully saturated rings. The molecular weight excluding hydrogens is 292 g/mol. The van der Waals surface area contributed by atoms with Crippen molar-refractivity contribution >= 4 is 5.96 Å². The summed E-state index contributed by atoms with van der Waals surface area (Å²) in [4.78, 5) is 11.1. The first kappa shape index (κ1) is 17.7. The van der Waals surface area contributed by atoms with E-state index >= 15 is 0 Å². The summed E-state index contributed by atoms with van der Waals surface area (Å²) in [6.07, 6.45) is 4.74. The van der Waals surface area contributed by atoms with E-state index in [0.29, 0.717) is 18.2 Å². The second-order valence-electron chi connectivity index (χ2n) is 6.28. The first-order chi connectivity index (χ1) is 11.2. The van der Waals surface area contributed by atoms with Crippen molar-refractivity contribution in [3.8, 4) is 0 Å². The zero-order chi connectivity index (χ0) is 16.5. The van der Waals surface area contributed by atoms with Crippen LogP contribution in [0.4, 0.5) is 0 Å². The maximum atomic E-state index is 5.23. The summed E-state index contributed by atoms with van der Waals surface area (Å²) in [7, 11) is 1.79. The van der Waals surface area contributed by atoms with Gasteiger partial charge in [0.2, 0.25) is 5.89 Å². The van der Waals surface area contributed by atoms with Crippen LogP contribution in [0.5, 0.6) is 0 Å². The predicted molar refractivity (Wildman–Crippen MR) is 91.7 cm³/mol. The standard InChI is InChI=1S/C16H30N6O/c1-13(2)15-20-14(23-21-15)7-8-18-16(17-3)19-9-12-22-10-5-4-6-11-22/h13H,4-12H2,1-3H3,(H2,17,18,19). The zero-order valence-electron chi connectivity index (χ0n) is 14.6. The van der Waals surface area contributed by atoms with Crippen LogP contribution in [-0.2, 0) is 6.42 Å². The summed E-state index contributed by atoms with van der Waals surface area (Å²) in [6.45, 7) is 9.27. The average Bonchev–Trinajstić information content (AvgIpc) is 3.03. The summed E-state index contributed by atoms with van der Waals surface area (Å²) in [5.41, 5.74) is 0. The normalized spacial score (nSPS) is 16.8. The number of aromatic nitrogens is 2. The highest BCUT2D eigenvalue weighted by Crippen LogP contribution is 2.09. The number of aliphatic imine (C=N–C) groups is 1. The summed E-state index contributed by atoms with van der Waals surface area (Å²) in [5.74, 6) is 2.56. The molecule has 23 heavy (non-hydrogen) atoms. The largest absolute Gasteiger partial charge is 0.356 e. The minimum atomic E-state index is 0.296. The van der Waals surface area contributed by atoms with Gasteiger partial charge in [0.05, 0.1) is 0 Å². The minimum absolute atomic E-state index is 0.296. The predicted octanol–water partition coefficient (Wildman–Crippen LogP) is 1.39. The van der Waals surface area contributed by atoms with Gasteiger partial charge >= 0.3 is 0 Å². The number of rotatable bonds is 7. The van der Waals surface area contributed by atoms with Gasteiger partial charge in [0.25, 0.3) is 0 Å². The Labute approximate surface area is 138 Å². The number of guanidine groups is 1. The first-order valence-corrected chi connectivity index (χ1v) is 8.68. The van der Waals surface area contributed by atoms with Crippen LogP contribution in [0, 0.1) is 0 Å². The van der Waals surface area contributed by atoms with Crippen LogP contribution in [0.3, 0.4) is 0 Å². The Hall–Kier alpha value is -1.63. The number of nitrogens with zero attached hydrogens (tertiary/aromatic N) is 4. The molecule has 0 saturated carbocycles. The van der Waals surface area contributed by atoms with Gasteiger partial charge in [-0.15, -0.1) is 0 Å². The van der Waals surface area contributed by atoms with E-state index in [0.717, 1.165) is 31.4 Å². The molecule has 7 nitrogen and oxygen atoms in total. The van der Waals surface area contributed by atoms with Gasteiger partial charge in [-0.05, 0) is 25.9 Å². The van der Waals surface area contributed by atoms with E-state index in [1.807, 2.05) is 0 Å². The van der Waals surface area contributed by atoms with Crippen LogP contribution in [0.2, 0.25) is 0 Å². The molecule has 0 atom stereocenters. The van der Waals surface area contributed by atoms with Gasteiger partial charge in [-0.2, -0.15) is 4.98 Å². The van der Waals surface area contributed by atoms with Crippen LogP contribution >= 0.6 is 0 Å². The Bertz CT molecular complexity index is 479. The highest BCUT2D eigenvalue weighted by Gasteiger charge is 2.10. The van der Waals surface area contributed by atoms with Gasteiger partial charge in [0.15, 0.2) is 11.8 Å². The quantitative estimate of drug-likeness (QED) is 0.583. The zero-order valence-corrected chi connectivity index (χ0v) is 14.6. The van der Waals surface area contributed by atoms with Gasteiger partial charge < -0.3 is 20.1 Å². The molecule has 1 saturated heterocycles. The summed E-state index contributed by atoms with van der Waals surface area (Å²) >= 11 is 0. The molecule has 0 unspecified atom stereocenters. The summed E-state index contributed by atoms with van der Waals surface area (Å²) in [5, 5.41) is 10.6. The molecular formula is C16H30N6O. The molecule has 1 aliphatic rings. The summed E-state index contributed by atoms with van der Waals surface area (Å²) in [6, 6.07) is 0. The van der Waals surface area contributed by atoms with Crippen LogP contribution in [0.25, 0.3) is 0 Å². The van der Waals surface area contributed by atoms with Crippen molar-refractivity contribution in [3.63, 3.8) is 0 Å². The van der Waals surface area contributed by atoms with E-state index in [2.05, 4.69) is 44.5 Å². The fraction of sp³-hybridized carbons (Fsp3) is 0.812. The van der Waals surface area contributed by atoms with Gasteiger partial charge in [-0.1, -0.05) is 25.4 Å². The number of hydrogen-bond acceptors (Lipinski definition) is 5. The monoisotopic (exact) mass is 322 g/mol. The highest BCUT2D eigenvalue weighted by atomic mass is 16.5. The van der Waals surface area contributed by atoms with Crippen LogP contribution in [0.15, 0.2) is 9.52 Å². The van der Waals surface area contributed by atoms with Gasteiger partial charge in [0.1, 0.15) is 0 Å². The molecule has 1 aromatic heterocycles. The molecule has 0 amide bonds. The number of nitrogens with one attached hydrogen (secondary N) is 2. The Morgan fingerprint density at radius 3 is 2.61 bits per heavy atom. The molecule has 7 heteroatoms. The Morgan fingerprint density at radius 1 is 1.22 bits per heavy atom. The number of piperidine rings is 1. The highest BCUT2D eigenvalue weighted by molar-refractivity contribution is 5.79. The fourth-order valence-electron chi connectivity index (χ4n) is 2.63. The Kier molecular flexibility index (Phi) is 7.32. The van der Waals surface area contributed by atoms with Crippen LogP contribution in [-0.4, -0.2) is 60.8 Å². The third kappa shape index (κ3) is 6.17. The maximum absolute atomic E-state index is 5.23. The second-order valence-corrected chi connectivity index (χ2v) is 6.28. The second kappa shape index (κ2) is 9.50. The Morgan fingerprint density at radius 2 is 1.96 bits per heavy atom. The minimum Gasteiger partial charge on any atom is -0.356 e. The smallest absolute Gasteiger partial charge is 0.228 e. The molecule has 2 N–H and O–H groups in total. The van der Waals surface area contributed by atoms with Crippen molar-refractivity contribution in [2.75, 3.05) is 39.8 Å². The van der Waals surface area contributed by atoms with Crippen LogP contribution in [0.1, 0.15) is 50.7 Å².